The summed E-state index contributed by atoms with van der Waals surface area (Å²) in [5.74, 6) is 0.635. The molecule has 9 aromatic rings. The first kappa shape index (κ1) is 24.6. The Bertz CT molecular complexity index is 2500. The summed E-state index contributed by atoms with van der Waals surface area (Å²) in [6, 6.07) is 55.7. The highest BCUT2D eigenvalue weighted by molar-refractivity contribution is 6.19. The predicted molar refractivity (Wildman–Crippen MR) is 184 cm³/mol. The van der Waals surface area contributed by atoms with Gasteiger partial charge in [-0.15, -0.1) is 0 Å². The molecule has 0 aliphatic heterocycles. The van der Waals surface area contributed by atoms with E-state index >= 15 is 0 Å². The molecule has 1 aromatic heterocycles. The van der Waals surface area contributed by atoms with E-state index in [1.807, 2.05) is 30.3 Å². The summed E-state index contributed by atoms with van der Waals surface area (Å²) in [4.78, 5) is 7.20. The van der Waals surface area contributed by atoms with Crippen molar-refractivity contribution >= 4 is 71.3 Å². The molecule has 0 aliphatic rings. The summed E-state index contributed by atoms with van der Waals surface area (Å²) in [5.41, 5.74) is 5.93. The van der Waals surface area contributed by atoms with Crippen molar-refractivity contribution in [1.82, 2.24) is 4.98 Å². The Labute approximate surface area is 254 Å². The molecule has 0 saturated heterocycles. The van der Waals surface area contributed by atoms with Crippen molar-refractivity contribution in [2.24, 2.45) is 0 Å². The van der Waals surface area contributed by atoms with Crippen LogP contribution in [0.2, 0.25) is 0 Å². The molecule has 0 fully saturated rings. The van der Waals surface area contributed by atoms with Gasteiger partial charge < -0.3 is 9.32 Å². The predicted octanol–water partition coefficient (Wildman–Crippen LogP) is 11.6. The molecule has 3 nitrogen and oxygen atoms in total. The van der Waals surface area contributed by atoms with E-state index in [0.717, 1.165) is 55.3 Å². The van der Waals surface area contributed by atoms with Gasteiger partial charge in [0.15, 0.2) is 5.58 Å². The Morgan fingerprint density at radius 3 is 1.91 bits per heavy atom. The number of nitrogens with zero attached hydrogens (tertiary/aromatic N) is 2. The zero-order valence-corrected chi connectivity index (χ0v) is 23.8. The van der Waals surface area contributed by atoms with Gasteiger partial charge in [0.2, 0.25) is 5.89 Å². The van der Waals surface area contributed by atoms with Gasteiger partial charge >= 0.3 is 0 Å². The number of fused-ring (bicyclic) bond motifs is 8. The van der Waals surface area contributed by atoms with Crippen LogP contribution in [0.1, 0.15) is 0 Å². The second-order valence-electron chi connectivity index (χ2n) is 11.2. The van der Waals surface area contributed by atoms with Crippen LogP contribution >= 0.6 is 0 Å². The molecular formula is C41H26N2O. The Kier molecular flexibility index (Phi) is 5.50. The van der Waals surface area contributed by atoms with Gasteiger partial charge in [0, 0.05) is 28.0 Å². The second kappa shape index (κ2) is 9.82. The van der Waals surface area contributed by atoms with Crippen LogP contribution < -0.4 is 4.90 Å². The van der Waals surface area contributed by atoms with Crippen molar-refractivity contribution < 1.29 is 4.42 Å². The minimum atomic E-state index is 0.635. The fourth-order valence-electron chi connectivity index (χ4n) is 6.52. The summed E-state index contributed by atoms with van der Waals surface area (Å²) >= 11 is 0. The molecule has 0 saturated carbocycles. The molecule has 0 N–H and O–H groups in total. The molecule has 0 aliphatic carbocycles. The average molecular weight is 563 g/mol. The van der Waals surface area contributed by atoms with E-state index in [4.69, 9.17) is 9.40 Å². The number of aromatic nitrogens is 1. The van der Waals surface area contributed by atoms with E-state index < -0.39 is 0 Å². The minimum absolute atomic E-state index is 0.635. The van der Waals surface area contributed by atoms with Crippen LogP contribution in [0.5, 0.6) is 0 Å². The van der Waals surface area contributed by atoms with Gasteiger partial charge in [-0.05, 0) is 92.3 Å². The lowest BCUT2D eigenvalue weighted by Crippen LogP contribution is -2.09. The number of para-hydroxylation sites is 1. The van der Waals surface area contributed by atoms with Crippen molar-refractivity contribution in [2.75, 3.05) is 4.90 Å². The lowest BCUT2D eigenvalue weighted by atomic mass is 9.99. The van der Waals surface area contributed by atoms with Crippen molar-refractivity contribution in [1.29, 1.82) is 0 Å². The van der Waals surface area contributed by atoms with Gasteiger partial charge in [0.25, 0.3) is 0 Å². The fraction of sp³-hybridized carbons (Fsp3) is 0. The first-order valence-electron chi connectivity index (χ1n) is 14.9. The number of benzene rings is 8. The van der Waals surface area contributed by atoms with Crippen LogP contribution in [0.15, 0.2) is 162 Å². The third kappa shape index (κ3) is 3.94. The standard InChI is InChI=1S/C41H26N2O/c1-3-10-30(11-4-1)41-42-38-24-20-29-17-15-28-19-21-34(26-37(28)39(29)40(38)44-41)43(32-12-5-2-6-13-32)33-22-23-36-31(25-33)18-16-27-9-7-8-14-35(27)36/h1-26H. The fourth-order valence-corrected chi connectivity index (χ4v) is 6.52. The van der Waals surface area contributed by atoms with E-state index in [1.165, 1.54) is 21.5 Å². The van der Waals surface area contributed by atoms with Gasteiger partial charge in [0.05, 0.1) is 0 Å². The SMILES string of the molecule is c1ccc(-c2nc3ccc4ccc5ccc(N(c6ccccc6)c6ccc7c(ccc8ccccc87)c6)cc5c4c3o2)cc1. The monoisotopic (exact) mass is 562 g/mol. The largest absolute Gasteiger partial charge is 0.435 e. The van der Waals surface area contributed by atoms with Crippen molar-refractivity contribution in [3.63, 3.8) is 0 Å². The molecular weight excluding hydrogens is 536 g/mol. The minimum Gasteiger partial charge on any atom is -0.435 e. The topological polar surface area (TPSA) is 29.3 Å². The highest BCUT2D eigenvalue weighted by atomic mass is 16.3. The molecule has 0 spiro atoms. The molecule has 0 unspecified atom stereocenters. The average Bonchev–Trinajstić information content (AvgIpc) is 3.54. The van der Waals surface area contributed by atoms with E-state index in [9.17, 15) is 0 Å². The van der Waals surface area contributed by atoms with Crippen LogP contribution in [0.4, 0.5) is 17.1 Å². The first-order chi connectivity index (χ1) is 21.8. The molecule has 0 atom stereocenters. The van der Waals surface area contributed by atoms with Gasteiger partial charge in [-0.3, -0.25) is 0 Å². The number of oxazole rings is 1. The van der Waals surface area contributed by atoms with Crippen molar-refractivity contribution in [2.45, 2.75) is 0 Å². The third-order valence-electron chi connectivity index (χ3n) is 8.62. The Hall–Kier alpha value is -5.93. The molecule has 8 aromatic carbocycles. The van der Waals surface area contributed by atoms with Crippen LogP contribution in [0.25, 0.3) is 65.6 Å². The number of hydrogen-bond acceptors (Lipinski definition) is 3. The normalized spacial score (nSPS) is 11.6. The molecule has 9 rings (SSSR count). The molecule has 44 heavy (non-hydrogen) atoms. The highest BCUT2D eigenvalue weighted by Gasteiger charge is 2.17. The van der Waals surface area contributed by atoms with E-state index in [0.29, 0.717) is 5.89 Å². The van der Waals surface area contributed by atoms with Crippen molar-refractivity contribution in [3.8, 4) is 11.5 Å². The van der Waals surface area contributed by atoms with Crippen LogP contribution in [0, 0.1) is 0 Å². The molecule has 3 heteroatoms. The van der Waals surface area contributed by atoms with E-state index in [2.05, 4.69) is 132 Å². The maximum atomic E-state index is 6.50. The maximum absolute atomic E-state index is 6.50. The Balaban J connectivity index is 1.27. The second-order valence-corrected chi connectivity index (χ2v) is 11.2. The molecule has 1 heterocycles. The summed E-state index contributed by atoms with van der Waals surface area (Å²) in [5, 5.41) is 9.49. The third-order valence-corrected chi connectivity index (χ3v) is 8.62. The maximum Gasteiger partial charge on any atom is 0.227 e. The van der Waals surface area contributed by atoms with Gasteiger partial charge in [0.1, 0.15) is 5.52 Å². The number of rotatable bonds is 4. The van der Waals surface area contributed by atoms with Crippen LogP contribution in [0.3, 0.4) is 0 Å². The van der Waals surface area contributed by atoms with Gasteiger partial charge in [-0.2, -0.15) is 0 Å². The number of anilines is 3. The van der Waals surface area contributed by atoms with Gasteiger partial charge in [-0.1, -0.05) is 103 Å². The summed E-state index contributed by atoms with van der Waals surface area (Å²) < 4.78 is 6.50. The summed E-state index contributed by atoms with van der Waals surface area (Å²) in [6.07, 6.45) is 0. The van der Waals surface area contributed by atoms with Crippen molar-refractivity contribution in [3.05, 3.63) is 158 Å². The van der Waals surface area contributed by atoms with Crippen LogP contribution in [-0.4, -0.2) is 4.98 Å². The lowest BCUT2D eigenvalue weighted by molar-refractivity contribution is 0.623. The molecule has 206 valence electrons. The van der Waals surface area contributed by atoms with Crippen LogP contribution in [-0.2, 0) is 0 Å². The lowest BCUT2D eigenvalue weighted by Gasteiger charge is -2.26. The molecule has 0 radical (unpaired) electrons. The Morgan fingerprint density at radius 1 is 0.432 bits per heavy atom. The molecule has 0 bridgehead atoms. The quantitative estimate of drug-likeness (QED) is 0.200. The van der Waals surface area contributed by atoms with E-state index in [-0.39, 0.29) is 0 Å². The summed E-state index contributed by atoms with van der Waals surface area (Å²) in [7, 11) is 0. The van der Waals surface area contributed by atoms with Gasteiger partial charge in [-0.25, -0.2) is 4.98 Å². The number of hydrogen-bond donors (Lipinski definition) is 0. The van der Waals surface area contributed by atoms with E-state index in [1.54, 1.807) is 0 Å². The smallest absolute Gasteiger partial charge is 0.227 e. The summed E-state index contributed by atoms with van der Waals surface area (Å²) in [6.45, 7) is 0. The molecule has 0 amide bonds. The zero-order chi connectivity index (χ0) is 29.0. The zero-order valence-electron chi connectivity index (χ0n) is 23.8. The first-order valence-corrected chi connectivity index (χ1v) is 14.9. The Morgan fingerprint density at radius 2 is 1.05 bits per heavy atom. The highest BCUT2D eigenvalue weighted by Crippen LogP contribution is 2.41.